The molecule has 2 aromatic rings. The zero-order valence-corrected chi connectivity index (χ0v) is 12.7. The second-order valence-electron chi connectivity index (χ2n) is 4.22. The molecule has 0 fully saturated rings. The molecule has 1 atom stereocenters. The fourth-order valence-electron chi connectivity index (χ4n) is 1.71. The molecular weight excluding hydrogens is 317 g/mol. The number of aliphatic hydroxyl groups excluding tert-OH is 1. The number of hydrogen-bond acceptors (Lipinski definition) is 5. The topological polar surface area (TPSA) is 75.6 Å². The van der Waals surface area contributed by atoms with Crippen LogP contribution in [0.25, 0.3) is 0 Å². The van der Waals surface area contributed by atoms with Crippen molar-refractivity contribution in [2.75, 3.05) is 13.7 Å². The van der Waals surface area contributed by atoms with Crippen LogP contribution in [0.3, 0.4) is 0 Å². The normalized spacial score (nSPS) is 13.1. The molecule has 2 N–H and O–H groups in total. The standard InChI is InChI=1S/C13H14FNO4S2/c1-19-12-3-2-10(14)6-13(12)21(17,18)15-7-11(16)9-4-5-20-8-9/h2-6,8,11,15-16H,7H2,1H3. The molecule has 0 bridgehead atoms. The van der Waals surface area contributed by atoms with Gasteiger partial charge in [-0.3, -0.25) is 0 Å². The molecule has 5 nitrogen and oxygen atoms in total. The van der Waals surface area contributed by atoms with E-state index in [0.29, 0.717) is 5.56 Å². The lowest BCUT2D eigenvalue weighted by Gasteiger charge is -2.13. The van der Waals surface area contributed by atoms with Crippen molar-refractivity contribution in [2.24, 2.45) is 0 Å². The maximum absolute atomic E-state index is 13.2. The fourth-order valence-corrected chi connectivity index (χ4v) is 3.63. The first-order valence-corrected chi connectivity index (χ1v) is 8.40. The lowest BCUT2D eigenvalue weighted by molar-refractivity contribution is 0.182. The van der Waals surface area contributed by atoms with Gasteiger partial charge < -0.3 is 9.84 Å². The summed E-state index contributed by atoms with van der Waals surface area (Å²) < 4.78 is 44.7. The third-order valence-electron chi connectivity index (χ3n) is 2.81. The summed E-state index contributed by atoms with van der Waals surface area (Å²) in [5, 5.41) is 13.4. The van der Waals surface area contributed by atoms with Gasteiger partial charge in [0.05, 0.1) is 13.2 Å². The second-order valence-corrected chi connectivity index (χ2v) is 6.73. The first kappa shape index (κ1) is 15.9. The number of hydrogen-bond donors (Lipinski definition) is 2. The minimum Gasteiger partial charge on any atom is -0.495 e. The van der Waals surface area contributed by atoms with Gasteiger partial charge >= 0.3 is 0 Å². The third-order valence-corrected chi connectivity index (χ3v) is 4.96. The maximum Gasteiger partial charge on any atom is 0.244 e. The predicted octanol–water partition coefficient (Wildman–Crippen LogP) is 1.91. The maximum atomic E-state index is 13.2. The van der Waals surface area contributed by atoms with E-state index in [1.54, 1.807) is 16.8 Å². The van der Waals surface area contributed by atoms with Gasteiger partial charge in [-0.25, -0.2) is 17.5 Å². The summed E-state index contributed by atoms with van der Waals surface area (Å²) >= 11 is 1.40. The largest absolute Gasteiger partial charge is 0.495 e. The highest BCUT2D eigenvalue weighted by atomic mass is 32.2. The minimum absolute atomic E-state index is 0.0360. The van der Waals surface area contributed by atoms with Crippen molar-refractivity contribution in [1.29, 1.82) is 0 Å². The zero-order chi connectivity index (χ0) is 15.5. The van der Waals surface area contributed by atoms with Crippen LogP contribution in [-0.4, -0.2) is 27.2 Å². The Bertz CT molecular complexity index is 701. The van der Waals surface area contributed by atoms with Gasteiger partial charge in [0, 0.05) is 6.54 Å². The number of thiophene rings is 1. The number of sulfonamides is 1. The number of nitrogens with one attached hydrogen (secondary N) is 1. The van der Waals surface area contributed by atoms with Crippen LogP contribution in [-0.2, 0) is 10.0 Å². The molecule has 0 aliphatic carbocycles. The summed E-state index contributed by atoms with van der Waals surface area (Å²) in [7, 11) is -2.69. The van der Waals surface area contributed by atoms with Crippen molar-refractivity contribution in [3.05, 3.63) is 46.4 Å². The van der Waals surface area contributed by atoms with Crippen molar-refractivity contribution < 1.29 is 22.7 Å². The molecule has 2 rings (SSSR count). The van der Waals surface area contributed by atoms with Gasteiger partial charge in [0.1, 0.15) is 16.5 Å². The van der Waals surface area contributed by atoms with E-state index in [1.165, 1.54) is 24.5 Å². The number of methoxy groups -OCH3 is 1. The Hall–Kier alpha value is -1.48. The summed E-state index contributed by atoms with van der Waals surface area (Å²) in [6, 6.07) is 4.92. The van der Waals surface area contributed by atoms with Crippen molar-refractivity contribution in [1.82, 2.24) is 4.72 Å². The van der Waals surface area contributed by atoms with Gasteiger partial charge in [-0.1, -0.05) is 0 Å². The molecule has 0 radical (unpaired) electrons. The van der Waals surface area contributed by atoms with Crippen LogP contribution >= 0.6 is 11.3 Å². The summed E-state index contributed by atoms with van der Waals surface area (Å²) in [5.41, 5.74) is 0.619. The number of benzene rings is 1. The Kier molecular flexibility index (Phi) is 4.94. The molecule has 21 heavy (non-hydrogen) atoms. The van der Waals surface area contributed by atoms with Crippen LogP contribution in [0.5, 0.6) is 5.75 Å². The molecule has 0 saturated heterocycles. The van der Waals surface area contributed by atoms with E-state index < -0.39 is 21.9 Å². The van der Waals surface area contributed by atoms with E-state index >= 15 is 0 Å². The Morgan fingerprint density at radius 2 is 2.19 bits per heavy atom. The number of aliphatic hydroxyl groups is 1. The molecule has 0 aliphatic rings. The van der Waals surface area contributed by atoms with Crippen LogP contribution < -0.4 is 9.46 Å². The van der Waals surface area contributed by atoms with Gasteiger partial charge in [0.15, 0.2) is 0 Å². The second kappa shape index (κ2) is 6.52. The molecular formula is C13H14FNO4S2. The van der Waals surface area contributed by atoms with Crippen LogP contribution in [0, 0.1) is 5.82 Å². The Balaban J connectivity index is 2.17. The van der Waals surface area contributed by atoms with Crippen molar-refractivity contribution >= 4 is 21.4 Å². The lowest BCUT2D eigenvalue weighted by Crippen LogP contribution is -2.28. The summed E-state index contributed by atoms with van der Waals surface area (Å²) in [6.45, 7) is -0.210. The highest BCUT2D eigenvalue weighted by Gasteiger charge is 2.21. The first-order chi connectivity index (χ1) is 9.94. The molecule has 0 amide bonds. The molecule has 8 heteroatoms. The van der Waals surface area contributed by atoms with E-state index in [1.807, 2.05) is 0 Å². The quantitative estimate of drug-likeness (QED) is 0.848. The average Bonchev–Trinajstić information content (AvgIpc) is 2.99. The van der Waals surface area contributed by atoms with Gasteiger partial charge in [0.2, 0.25) is 10.0 Å². The Labute approximate surface area is 126 Å². The van der Waals surface area contributed by atoms with E-state index in [9.17, 15) is 17.9 Å². The van der Waals surface area contributed by atoms with Crippen LogP contribution in [0.1, 0.15) is 11.7 Å². The Morgan fingerprint density at radius 1 is 1.43 bits per heavy atom. The highest BCUT2D eigenvalue weighted by Crippen LogP contribution is 2.24. The SMILES string of the molecule is COc1ccc(F)cc1S(=O)(=O)NCC(O)c1ccsc1. The number of halogens is 1. The summed E-state index contributed by atoms with van der Waals surface area (Å²) in [6.07, 6.45) is -0.967. The number of rotatable bonds is 6. The molecule has 1 unspecified atom stereocenters. The molecule has 1 heterocycles. The molecule has 0 saturated carbocycles. The number of ether oxygens (including phenoxy) is 1. The van der Waals surface area contributed by atoms with Gasteiger partial charge in [-0.15, -0.1) is 0 Å². The van der Waals surface area contributed by atoms with Gasteiger partial charge in [-0.2, -0.15) is 11.3 Å². The predicted molar refractivity (Wildman–Crippen MR) is 77.4 cm³/mol. The summed E-state index contributed by atoms with van der Waals surface area (Å²) in [4.78, 5) is -0.303. The third kappa shape index (κ3) is 3.79. The average molecular weight is 331 g/mol. The minimum atomic E-state index is -3.98. The highest BCUT2D eigenvalue weighted by molar-refractivity contribution is 7.89. The molecule has 114 valence electrons. The molecule has 0 spiro atoms. The Morgan fingerprint density at radius 3 is 2.81 bits per heavy atom. The van der Waals surface area contributed by atoms with Gasteiger partial charge in [-0.05, 0) is 40.6 Å². The fraction of sp³-hybridized carbons (Fsp3) is 0.231. The molecule has 1 aromatic heterocycles. The van der Waals surface area contributed by atoms with Crippen molar-refractivity contribution in [2.45, 2.75) is 11.0 Å². The van der Waals surface area contributed by atoms with E-state index in [-0.39, 0.29) is 17.2 Å². The van der Waals surface area contributed by atoms with Crippen LogP contribution in [0.2, 0.25) is 0 Å². The monoisotopic (exact) mass is 331 g/mol. The van der Waals surface area contributed by atoms with E-state index in [4.69, 9.17) is 4.74 Å². The molecule has 0 aliphatic heterocycles. The van der Waals surface area contributed by atoms with Gasteiger partial charge in [0.25, 0.3) is 0 Å². The molecule has 1 aromatic carbocycles. The van der Waals surface area contributed by atoms with Crippen LogP contribution in [0.4, 0.5) is 4.39 Å². The van der Waals surface area contributed by atoms with E-state index in [2.05, 4.69) is 4.72 Å². The van der Waals surface area contributed by atoms with E-state index in [0.717, 1.165) is 12.1 Å². The summed E-state index contributed by atoms with van der Waals surface area (Å²) in [5.74, 6) is -0.650. The zero-order valence-electron chi connectivity index (χ0n) is 11.1. The first-order valence-electron chi connectivity index (χ1n) is 5.97. The smallest absolute Gasteiger partial charge is 0.244 e. The van der Waals surface area contributed by atoms with Crippen molar-refractivity contribution in [3.8, 4) is 5.75 Å². The van der Waals surface area contributed by atoms with Crippen LogP contribution in [0.15, 0.2) is 39.9 Å². The lowest BCUT2D eigenvalue weighted by atomic mass is 10.2. The van der Waals surface area contributed by atoms with Crippen molar-refractivity contribution in [3.63, 3.8) is 0 Å².